The normalized spacial score (nSPS) is 36.8. The molecule has 4 aliphatic rings. The highest BCUT2D eigenvalue weighted by molar-refractivity contribution is 5.97. The van der Waals surface area contributed by atoms with Crippen LogP contribution in [0.2, 0.25) is 0 Å². The van der Waals surface area contributed by atoms with Crippen LogP contribution in [0.5, 0.6) is 0 Å². The third kappa shape index (κ3) is 2.86. The Kier molecular flexibility index (Phi) is 4.38. The number of rotatable bonds is 5. The number of carbonyl (C=O) groups excluding carboxylic acids is 1. The van der Waals surface area contributed by atoms with E-state index in [4.69, 9.17) is 5.73 Å². The summed E-state index contributed by atoms with van der Waals surface area (Å²) in [6.45, 7) is 9.24. The number of anilines is 2. The summed E-state index contributed by atoms with van der Waals surface area (Å²) in [4.78, 5) is 20.9. The van der Waals surface area contributed by atoms with E-state index in [0.29, 0.717) is 28.7 Å². The standard InChI is InChI=1S/C21H33N5O2/c1-12-20(19(2,3)4)10-21(12,11-20)26-17-15(16(22)28)9-23-18(25-17)24-13-5-7-14(27)8-6-13/h9,12-14,27H,5-8,10-11H2,1-4H3,(H2,22,28)(H2,23,24,25,26)/t12-,13?,14?,20?,21?/m0/s1. The van der Waals surface area contributed by atoms with Gasteiger partial charge >= 0.3 is 0 Å². The number of aromatic nitrogens is 2. The van der Waals surface area contributed by atoms with Gasteiger partial charge in [0.15, 0.2) is 0 Å². The maximum atomic E-state index is 11.9. The highest BCUT2D eigenvalue weighted by Crippen LogP contribution is 2.78. The summed E-state index contributed by atoms with van der Waals surface area (Å²) in [6, 6.07) is 0.244. The van der Waals surface area contributed by atoms with Crippen molar-refractivity contribution in [2.75, 3.05) is 10.6 Å². The first-order chi connectivity index (χ1) is 13.1. The lowest BCUT2D eigenvalue weighted by Gasteiger charge is -2.80. The zero-order valence-electron chi connectivity index (χ0n) is 17.4. The number of carbonyl (C=O) groups is 1. The number of nitrogens with two attached hydrogens (primary N) is 1. The van der Waals surface area contributed by atoms with Crippen molar-refractivity contribution >= 4 is 17.7 Å². The van der Waals surface area contributed by atoms with E-state index in [1.807, 2.05) is 0 Å². The Labute approximate surface area is 166 Å². The fraction of sp³-hybridized carbons (Fsp3) is 0.762. The molecule has 1 heterocycles. The second kappa shape index (κ2) is 6.31. The Balaban J connectivity index is 1.51. The topological polar surface area (TPSA) is 113 Å². The SMILES string of the molecule is C[C@@H]1C2(Nc3nc(NC4CCC(O)CC4)ncc3C(N)=O)CC1(C(C)(C)C)C2. The number of nitrogens with zero attached hydrogens (tertiary/aromatic N) is 2. The van der Waals surface area contributed by atoms with Crippen molar-refractivity contribution in [1.29, 1.82) is 0 Å². The zero-order chi connectivity index (χ0) is 20.3. The first kappa shape index (κ1) is 19.4. The van der Waals surface area contributed by atoms with Crippen LogP contribution in [0.3, 0.4) is 0 Å². The third-order valence-electron chi connectivity index (χ3n) is 7.86. The van der Waals surface area contributed by atoms with E-state index in [2.05, 4.69) is 48.3 Å². The minimum atomic E-state index is -0.514. The fourth-order valence-electron chi connectivity index (χ4n) is 5.70. The molecule has 7 nitrogen and oxygen atoms in total. The molecule has 28 heavy (non-hydrogen) atoms. The van der Waals surface area contributed by atoms with Gasteiger partial charge in [0, 0.05) is 17.8 Å². The van der Waals surface area contributed by atoms with Crippen LogP contribution in [0.15, 0.2) is 6.20 Å². The van der Waals surface area contributed by atoms with Crippen molar-refractivity contribution in [2.24, 2.45) is 22.5 Å². The lowest BCUT2D eigenvalue weighted by Crippen LogP contribution is -2.81. The van der Waals surface area contributed by atoms with Gasteiger partial charge in [-0.1, -0.05) is 27.7 Å². The van der Waals surface area contributed by atoms with Gasteiger partial charge in [-0.2, -0.15) is 4.98 Å². The molecule has 2 bridgehead atoms. The van der Waals surface area contributed by atoms with Gasteiger partial charge < -0.3 is 21.5 Å². The average Bonchev–Trinajstić information content (AvgIpc) is 2.59. The molecule has 7 heteroatoms. The Morgan fingerprint density at radius 1 is 1.25 bits per heavy atom. The van der Waals surface area contributed by atoms with Gasteiger partial charge in [-0.05, 0) is 55.3 Å². The molecule has 5 N–H and O–H groups in total. The summed E-state index contributed by atoms with van der Waals surface area (Å²) >= 11 is 0. The summed E-state index contributed by atoms with van der Waals surface area (Å²) in [5, 5.41) is 16.6. The van der Waals surface area contributed by atoms with Gasteiger partial charge in [0.1, 0.15) is 5.82 Å². The van der Waals surface area contributed by atoms with Crippen LogP contribution in [0.4, 0.5) is 11.8 Å². The molecule has 1 aromatic heterocycles. The smallest absolute Gasteiger partial charge is 0.254 e. The van der Waals surface area contributed by atoms with Gasteiger partial charge in [0.25, 0.3) is 5.91 Å². The molecule has 0 spiro atoms. The number of aliphatic hydroxyl groups excluding tert-OH is 1. The van der Waals surface area contributed by atoms with Crippen LogP contribution in [-0.2, 0) is 0 Å². The highest BCUT2D eigenvalue weighted by Gasteiger charge is 2.77. The molecule has 4 aliphatic carbocycles. The van der Waals surface area contributed by atoms with Crippen molar-refractivity contribution in [2.45, 2.75) is 83.9 Å². The molecular formula is C21H33N5O2. The summed E-state index contributed by atoms with van der Waals surface area (Å²) in [7, 11) is 0. The third-order valence-corrected chi connectivity index (χ3v) is 7.86. The highest BCUT2D eigenvalue weighted by atomic mass is 16.3. The molecule has 0 radical (unpaired) electrons. The van der Waals surface area contributed by atoms with Gasteiger partial charge in [0.2, 0.25) is 5.95 Å². The lowest BCUT2D eigenvalue weighted by atomic mass is 9.27. The number of primary amides is 1. The van der Waals surface area contributed by atoms with E-state index in [9.17, 15) is 9.90 Å². The van der Waals surface area contributed by atoms with Crippen LogP contribution < -0.4 is 16.4 Å². The molecule has 0 aromatic carbocycles. The Morgan fingerprint density at radius 2 is 1.89 bits per heavy atom. The molecule has 0 unspecified atom stereocenters. The predicted octanol–water partition coefficient (Wildman–Crippen LogP) is 2.92. The number of hydrogen-bond donors (Lipinski definition) is 4. The van der Waals surface area contributed by atoms with Crippen molar-refractivity contribution < 1.29 is 9.90 Å². The summed E-state index contributed by atoms with van der Waals surface area (Å²) < 4.78 is 0. The van der Waals surface area contributed by atoms with Crippen molar-refractivity contribution in [1.82, 2.24) is 9.97 Å². The minimum Gasteiger partial charge on any atom is -0.393 e. The maximum absolute atomic E-state index is 11.9. The number of amides is 1. The molecule has 154 valence electrons. The predicted molar refractivity (Wildman–Crippen MR) is 109 cm³/mol. The van der Waals surface area contributed by atoms with Crippen LogP contribution >= 0.6 is 0 Å². The summed E-state index contributed by atoms with van der Waals surface area (Å²) in [5.74, 6) is 1.06. The molecule has 1 atom stereocenters. The second-order valence-electron chi connectivity index (χ2n) is 10.2. The second-order valence-corrected chi connectivity index (χ2v) is 10.2. The van der Waals surface area contributed by atoms with Crippen LogP contribution in [0, 0.1) is 16.7 Å². The molecule has 0 aliphatic heterocycles. The largest absolute Gasteiger partial charge is 0.393 e. The van der Waals surface area contributed by atoms with E-state index in [1.54, 1.807) is 0 Å². The van der Waals surface area contributed by atoms with Crippen LogP contribution in [0.1, 0.15) is 76.6 Å². The van der Waals surface area contributed by atoms with E-state index < -0.39 is 5.91 Å². The first-order valence-corrected chi connectivity index (χ1v) is 10.5. The lowest BCUT2D eigenvalue weighted by molar-refractivity contribution is -0.249. The number of nitrogens with one attached hydrogen (secondary N) is 2. The van der Waals surface area contributed by atoms with E-state index in [1.165, 1.54) is 6.20 Å². The van der Waals surface area contributed by atoms with Gasteiger partial charge in [0.05, 0.1) is 11.7 Å². The molecule has 4 fully saturated rings. The zero-order valence-corrected chi connectivity index (χ0v) is 17.4. The minimum absolute atomic E-state index is 0.00193. The van der Waals surface area contributed by atoms with Crippen LogP contribution in [0.25, 0.3) is 0 Å². The van der Waals surface area contributed by atoms with Crippen molar-refractivity contribution in [3.8, 4) is 0 Å². The molecule has 5 rings (SSSR count). The monoisotopic (exact) mass is 387 g/mol. The van der Waals surface area contributed by atoms with E-state index >= 15 is 0 Å². The quantitative estimate of drug-likeness (QED) is 0.618. The number of aliphatic hydroxyl groups is 1. The first-order valence-electron chi connectivity index (χ1n) is 10.5. The molecule has 4 saturated carbocycles. The fourth-order valence-corrected chi connectivity index (χ4v) is 5.70. The molecule has 1 amide bonds. The molecule has 1 aromatic rings. The number of hydrogen-bond acceptors (Lipinski definition) is 6. The molecular weight excluding hydrogens is 354 g/mol. The van der Waals surface area contributed by atoms with Crippen molar-refractivity contribution in [3.05, 3.63) is 11.8 Å². The van der Waals surface area contributed by atoms with E-state index in [0.717, 1.165) is 38.5 Å². The van der Waals surface area contributed by atoms with Gasteiger partial charge in [-0.25, -0.2) is 4.98 Å². The van der Waals surface area contributed by atoms with Crippen LogP contribution in [-0.4, -0.2) is 38.7 Å². The maximum Gasteiger partial charge on any atom is 0.254 e. The van der Waals surface area contributed by atoms with Gasteiger partial charge in [-0.3, -0.25) is 4.79 Å². The summed E-state index contributed by atoms with van der Waals surface area (Å²) in [6.07, 6.45) is 6.86. The Hall–Kier alpha value is -1.89. The van der Waals surface area contributed by atoms with Crippen molar-refractivity contribution in [3.63, 3.8) is 0 Å². The molecule has 0 saturated heterocycles. The Bertz CT molecular complexity index is 773. The Morgan fingerprint density at radius 3 is 2.43 bits per heavy atom. The van der Waals surface area contributed by atoms with E-state index in [-0.39, 0.29) is 23.1 Å². The van der Waals surface area contributed by atoms with Gasteiger partial charge in [-0.15, -0.1) is 0 Å². The summed E-state index contributed by atoms with van der Waals surface area (Å²) in [5.41, 5.74) is 6.55. The average molecular weight is 388 g/mol.